The minimum atomic E-state index is -1.18. The third-order valence-corrected chi connectivity index (χ3v) is 5.33. The number of thiophene rings is 1. The zero-order valence-electron chi connectivity index (χ0n) is 16.4. The Kier molecular flexibility index (Phi) is 8.63. The number of nitrogens with one attached hydrogen (secondary N) is 1. The van der Waals surface area contributed by atoms with E-state index in [0.29, 0.717) is 17.4 Å². The summed E-state index contributed by atoms with van der Waals surface area (Å²) in [5.41, 5.74) is 0.264. The normalized spacial score (nSPS) is 10.1. The fraction of sp³-hybridized carbons (Fsp3) is 0.100. The molecule has 0 saturated heterocycles. The molecule has 3 aromatic rings. The van der Waals surface area contributed by atoms with Crippen molar-refractivity contribution in [3.8, 4) is 5.75 Å². The number of benzene rings is 2. The number of carboxylic acids is 1. The fourth-order valence-corrected chi connectivity index (χ4v) is 3.67. The number of hydrogen-bond donors (Lipinski definition) is 2. The van der Waals surface area contributed by atoms with E-state index in [4.69, 9.17) is 27.9 Å². The van der Waals surface area contributed by atoms with E-state index in [1.54, 1.807) is 17.4 Å². The summed E-state index contributed by atoms with van der Waals surface area (Å²) in [6.07, 6.45) is 0.730. The van der Waals surface area contributed by atoms with Crippen LogP contribution in [0.2, 0.25) is 10.0 Å². The van der Waals surface area contributed by atoms with Gasteiger partial charge in [0, 0.05) is 16.3 Å². The van der Waals surface area contributed by atoms with Gasteiger partial charge in [-0.05, 0) is 47.8 Å². The molecule has 0 atom stereocenters. The van der Waals surface area contributed by atoms with Crippen molar-refractivity contribution >= 4 is 52.1 Å². The van der Waals surface area contributed by atoms with Crippen molar-refractivity contribution in [1.82, 2.24) is 0 Å². The molecule has 5 nitrogen and oxygen atoms in total. The maximum absolute atomic E-state index is 12.4. The van der Waals surface area contributed by atoms with Crippen molar-refractivity contribution in [2.24, 2.45) is 0 Å². The molecule has 0 saturated carbocycles. The van der Waals surface area contributed by atoms with E-state index in [1.807, 2.05) is 17.5 Å². The number of halogens is 2. The second kappa shape index (κ2) is 10.7. The predicted octanol–water partition coefficient (Wildman–Crippen LogP) is 2.74. The zero-order chi connectivity index (χ0) is 20.1. The summed E-state index contributed by atoms with van der Waals surface area (Å²) in [4.78, 5) is 25.2. The molecule has 0 bridgehead atoms. The molecule has 146 valence electrons. The van der Waals surface area contributed by atoms with Crippen molar-refractivity contribution in [3.63, 3.8) is 0 Å². The van der Waals surface area contributed by atoms with E-state index < -0.39 is 11.9 Å². The number of carbonyl (C=O) groups excluding carboxylic acids is 1. The molecule has 1 amide bonds. The number of hydrogen-bond acceptors (Lipinski definition) is 4. The Labute approximate surface area is 195 Å². The number of ether oxygens (including phenoxy) is 1. The van der Waals surface area contributed by atoms with E-state index in [9.17, 15) is 14.7 Å². The number of rotatable bonds is 7. The second-order valence-electron chi connectivity index (χ2n) is 5.77. The van der Waals surface area contributed by atoms with Gasteiger partial charge in [-0.2, -0.15) is 0 Å². The van der Waals surface area contributed by atoms with Crippen LogP contribution < -0.4 is 28.9 Å². The van der Waals surface area contributed by atoms with Gasteiger partial charge in [-0.3, -0.25) is 4.79 Å². The van der Waals surface area contributed by atoms with Gasteiger partial charge < -0.3 is 16.6 Å². The van der Waals surface area contributed by atoms with Gasteiger partial charge in [0.2, 0.25) is 0 Å². The summed E-state index contributed by atoms with van der Waals surface area (Å²) < 4.78 is 5.64. The Morgan fingerprint density at radius 1 is 1.10 bits per heavy atom. The molecule has 2 N–H and O–H groups in total. The molecule has 9 heteroatoms. The van der Waals surface area contributed by atoms with Crippen LogP contribution in [0.5, 0.6) is 5.75 Å². The quantitative estimate of drug-likeness (QED) is 0.550. The third-order valence-electron chi connectivity index (χ3n) is 3.84. The summed E-state index contributed by atoms with van der Waals surface area (Å²) >= 11 is 13.5. The van der Waals surface area contributed by atoms with Crippen molar-refractivity contribution in [3.05, 3.63) is 80.0 Å². The van der Waals surface area contributed by atoms with Gasteiger partial charge in [-0.25, -0.2) is 4.79 Å². The summed E-state index contributed by atoms with van der Waals surface area (Å²) in [5, 5.41) is 14.6. The fourth-order valence-electron chi connectivity index (χ4n) is 2.49. The molecule has 29 heavy (non-hydrogen) atoms. The van der Waals surface area contributed by atoms with Crippen LogP contribution in [0.3, 0.4) is 0 Å². The predicted molar refractivity (Wildman–Crippen MR) is 112 cm³/mol. The molecule has 0 aliphatic carbocycles. The van der Waals surface area contributed by atoms with E-state index in [2.05, 4.69) is 5.32 Å². The molecule has 0 aliphatic heterocycles. The molecule has 1 heterocycles. The monoisotopic (exact) mass is 443 g/mol. The molecular formula is C20H16Cl2LiNO4S. The van der Waals surface area contributed by atoms with Gasteiger partial charge in [-0.15, -0.1) is 11.3 Å². The van der Waals surface area contributed by atoms with Gasteiger partial charge in [0.15, 0.2) is 0 Å². The average Bonchev–Trinajstić information content (AvgIpc) is 3.16. The summed E-state index contributed by atoms with van der Waals surface area (Å²) in [7, 11) is 0. The minimum absolute atomic E-state index is 0. The second-order valence-corrected chi connectivity index (χ2v) is 7.64. The molecule has 0 aliphatic rings. The van der Waals surface area contributed by atoms with Crippen LogP contribution in [-0.4, -0.2) is 23.6 Å². The van der Waals surface area contributed by atoms with Crippen LogP contribution in [0, 0.1) is 0 Å². The Balaban J connectivity index is 0.00000225. The number of amides is 1. The molecule has 2 aromatic carbocycles. The Hall–Kier alpha value is -1.94. The standard InChI is InChI=1S/C20H15Cl2NO4S.Li.H/c21-12-3-5-15(17(22)10-12)19(24)23-18-6-4-13(11-16(18)20(25)26)27-8-7-14-2-1-9-28-14;;/h1-6,9-11H,7-8H2,(H,23,24)(H,25,26);;/q;+1;-1. The Bertz CT molecular complexity index is 1020. The molecular weight excluding hydrogens is 428 g/mol. The number of aromatic carboxylic acids is 1. The van der Waals surface area contributed by atoms with Crippen LogP contribution in [0.1, 0.15) is 27.0 Å². The van der Waals surface area contributed by atoms with Crippen LogP contribution >= 0.6 is 34.5 Å². The van der Waals surface area contributed by atoms with Crippen molar-refractivity contribution in [1.29, 1.82) is 0 Å². The minimum Gasteiger partial charge on any atom is -1.00 e. The Morgan fingerprint density at radius 3 is 2.55 bits per heavy atom. The number of carbonyl (C=O) groups is 2. The summed E-state index contributed by atoms with van der Waals surface area (Å²) in [5.74, 6) is -1.30. The summed E-state index contributed by atoms with van der Waals surface area (Å²) in [6.45, 7) is 0.422. The number of anilines is 1. The zero-order valence-corrected chi connectivity index (χ0v) is 17.8. The van der Waals surface area contributed by atoms with E-state index in [1.165, 1.54) is 35.2 Å². The van der Waals surface area contributed by atoms with E-state index >= 15 is 0 Å². The van der Waals surface area contributed by atoms with E-state index in [-0.39, 0.29) is 42.1 Å². The SMILES string of the molecule is O=C(Nc1ccc(OCCc2cccs2)cc1C(=O)O)c1ccc(Cl)cc1Cl.[H-].[Li+]. The van der Waals surface area contributed by atoms with Gasteiger partial charge in [0.1, 0.15) is 5.75 Å². The van der Waals surface area contributed by atoms with Crippen molar-refractivity contribution < 1.29 is 39.7 Å². The molecule has 1 aromatic heterocycles. The van der Waals surface area contributed by atoms with Crippen molar-refractivity contribution in [2.45, 2.75) is 6.42 Å². The average molecular weight is 444 g/mol. The molecule has 0 unspecified atom stereocenters. The molecule has 0 radical (unpaired) electrons. The first-order valence-electron chi connectivity index (χ1n) is 8.23. The van der Waals surface area contributed by atoms with Crippen LogP contribution in [0.25, 0.3) is 0 Å². The van der Waals surface area contributed by atoms with Gasteiger partial charge in [0.05, 0.1) is 28.4 Å². The van der Waals surface area contributed by atoms with Gasteiger partial charge >= 0.3 is 24.8 Å². The largest absolute Gasteiger partial charge is 1.00 e. The molecule has 3 rings (SSSR count). The van der Waals surface area contributed by atoms with Gasteiger partial charge in [0.25, 0.3) is 5.91 Å². The van der Waals surface area contributed by atoms with Crippen LogP contribution in [0.4, 0.5) is 5.69 Å². The first-order chi connectivity index (χ1) is 13.4. The van der Waals surface area contributed by atoms with E-state index in [0.717, 1.165) is 6.42 Å². The molecule has 0 fully saturated rings. The van der Waals surface area contributed by atoms with Crippen LogP contribution in [-0.2, 0) is 6.42 Å². The first-order valence-corrected chi connectivity index (χ1v) is 9.86. The number of carboxylic acid groups (broad SMARTS) is 1. The topological polar surface area (TPSA) is 75.6 Å². The van der Waals surface area contributed by atoms with Crippen LogP contribution in [0.15, 0.2) is 53.9 Å². The summed E-state index contributed by atoms with van der Waals surface area (Å²) in [6, 6.07) is 12.9. The van der Waals surface area contributed by atoms with Gasteiger partial charge in [-0.1, -0.05) is 29.3 Å². The third kappa shape index (κ3) is 6.27. The first kappa shape index (κ1) is 23.3. The van der Waals surface area contributed by atoms with Crippen molar-refractivity contribution in [2.75, 3.05) is 11.9 Å². The maximum atomic E-state index is 12.4. The Morgan fingerprint density at radius 2 is 1.90 bits per heavy atom. The maximum Gasteiger partial charge on any atom is 1.00 e. The molecule has 0 spiro atoms. The smallest absolute Gasteiger partial charge is 1.00 e.